The third-order valence-corrected chi connectivity index (χ3v) is 6.46. The van der Waals surface area contributed by atoms with E-state index in [9.17, 15) is 4.79 Å². The first-order valence-corrected chi connectivity index (χ1v) is 11.6. The molecule has 0 saturated heterocycles. The van der Waals surface area contributed by atoms with Crippen molar-refractivity contribution < 1.29 is 9.53 Å². The highest BCUT2D eigenvalue weighted by atomic mass is 35.5. The van der Waals surface area contributed by atoms with Crippen molar-refractivity contribution in [2.45, 2.75) is 60.1 Å². The van der Waals surface area contributed by atoms with Crippen LogP contribution in [0.15, 0.2) is 42.5 Å². The average molecular weight is 485 g/mol. The van der Waals surface area contributed by atoms with Gasteiger partial charge < -0.3 is 4.74 Å². The molecule has 0 fully saturated rings. The lowest BCUT2D eigenvalue weighted by Gasteiger charge is -2.22. The number of halogens is 2. The summed E-state index contributed by atoms with van der Waals surface area (Å²) in [7, 11) is 0. The summed E-state index contributed by atoms with van der Waals surface area (Å²) >= 11 is 12.8. The number of nitrogens with zero attached hydrogens (tertiary/aromatic N) is 2. The first-order valence-electron chi connectivity index (χ1n) is 10.9. The molecule has 0 unspecified atom stereocenters. The standard InChI is InChI=1S/C27H30Cl2N2O2/c1-17-13-21(27(4,5)6)14-18(2)23(17)16-33-25(32)12-11-22-19(3)30-31(26(22)29)15-20-9-7-8-10-24(20)28/h7-14H,15-16H2,1-6H3. The predicted octanol–water partition coefficient (Wildman–Crippen LogP) is 7.22. The third kappa shape index (κ3) is 6.07. The van der Waals surface area contributed by atoms with Gasteiger partial charge in [0.2, 0.25) is 0 Å². The van der Waals surface area contributed by atoms with Gasteiger partial charge in [-0.3, -0.25) is 0 Å². The van der Waals surface area contributed by atoms with Crippen molar-refractivity contribution in [1.82, 2.24) is 9.78 Å². The summed E-state index contributed by atoms with van der Waals surface area (Å²) in [5.74, 6) is -0.428. The zero-order valence-electron chi connectivity index (χ0n) is 20.0. The number of carbonyl (C=O) groups is 1. The van der Waals surface area contributed by atoms with Crippen LogP contribution in [0.5, 0.6) is 0 Å². The van der Waals surface area contributed by atoms with Gasteiger partial charge in [-0.2, -0.15) is 5.10 Å². The van der Waals surface area contributed by atoms with Crippen LogP contribution in [0, 0.1) is 20.8 Å². The zero-order chi connectivity index (χ0) is 24.3. The van der Waals surface area contributed by atoms with Crippen molar-refractivity contribution in [3.8, 4) is 0 Å². The van der Waals surface area contributed by atoms with Crippen molar-refractivity contribution >= 4 is 35.2 Å². The molecule has 0 spiro atoms. The van der Waals surface area contributed by atoms with Crippen LogP contribution in [0.4, 0.5) is 0 Å². The molecule has 0 bridgehead atoms. The highest BCUT2D eigenvalue weighted by Gasteiger charge is 2.17. The van der Waals surface area contributed by atoms with Crippen molar-refractivity contribution in [3.05, 3.63) is 91.7 Å². The molecule has 0 aliphatic carbocycles. The molecule has 1 aromatic heterocycles. The fourth-order valence-corrected chi connectivity index (χ4v) is 4.14. The molecule has 33 heavy (non-hydrogen) atoms. The number of ether oxygens (including phenoxy) is 1. The van der Waals surface area contributed by atoms with E-state index < -0.39 is 5.97 Å². The number of aryl methyl sites for hydroxylation is 3. The molecule has 2 aromatic carbocycles. The fraction of sp³-hybridized carbons (Fsp3) is 0.333. The van der Waals surface area contributed by atoms with Crippen LogP contribution >= 0.6 is 23.2 Å². The Morgan fingerprint density at radius 3 is 2.33 bits per heavy atom. The Labute approximate surface area is 206 Å². The topological polar surface area (TPSA) is 44.1 Å². The molecule has 6 heteroatoms. The molecule has 1 heterocycles. The normalized spacial score (nSPS) is 11.9. The van der Waals surface area contributed by atoms with Gasteiger partial charge >= 0.3 is 5.97 Å². The number of rotatable bonds is 6. The number of aromatic nitrogens is 2. The maximum absolute atomic E-state index is 12.4. The molecule has 174 valence electrons. The summed E-state index contributed by atoms with van der Waals surface area (Å²) in [4.78, 5) is 12.4. The molecule has 0 atom stereocenters. The Balaban J connectivity index is 1.69. The van der Waals surface area contributed by atoms with E-state index in [-0.39, 0.29) is 12.0 Å². The highest BCUT2D eigenvalue weighted by molar-refractivity contribution is 6.32. The van der Waals surface area contributed by atoms with Gasteiger partial charge in [0, 0.05) is 16.7 Å². The third-order valence-electron chi connectivity index (χ3n) is 5.69. The lowest BCUT2D eigenvalue weighted by Crippen LogP contribution is -2.13. The fourth-order valence-electron chi connectivity index (χ4n) is 3.65. The van der Waals surface area contributed by atoms with Gasteiger partial charge in [-0.1, -0.05) is 74.3 Å². The van der Waals surface area contributed by atoms with E-state index >= 15 is 0 Å². The van der Waals surface area contributed by atoms with Gasteiger partial charge in [0.1, 0.15) is 11.8 Å². The second kappa shape index (κ2) is 10.1. The van der Waals surface area contributed by atoms with Crippen LogP contribution in [-0.4, -0.2) is 15.7 Å². The van der Waals surface area contributed by atoms with Crippen LogP contribution in [0.2, 0.25) is 10.2 Å². The van der Waals surface area contributed by atoms with Crippen molar-refractivity contribution in [2.75, 3.05) is 0 Å². The smallest absolute Gasteiger partial charge is 0.331 e. The van der Waals surface area contributed by atoms with Gasteiger partial charge in [0.15, 0.2) is 0 Å². The Bertz CT molecular complexity index is 1180. The second-order valence-electron chi connectivity index (χ2n) is 9.32. The van der Waals surface area contributed by atoms with Crippen molar-refractivity contribution in [1.29, 1.82) is 0 Å². The first-order chi connectivity index (χ1) is 15.5. The summed E-state index contributed by atoms with van der Waals surface area (Å²) < 4.78 is 7.19. The minimum atomic E-state index is -0.428. The lowest BCUT2D eigenvalue weighted by molar-refractivity contribution is -0.138. The van der Waals surface area contributed by atoms with Crippen LogP contribution in [0.1, 0.15) is 59.8 Å². The highest BCUT2D eigenvalue weighted by Crippen LogP contribution is 2.28. The minimum absolute atomic E-state index is 0.0703. The van der Waals surface area contributed by atoms with E-state index in [0.29, 0.717) is 22.3 Å². The maximum atomic E-state index is 12.4. The van der Waals surface area contributed by atoms with Gasteiger partial charge in [0.25, 0.3) is 0 Å². The van der Waals surface area contributed by atoms with E-state index in [1.165, 1.54) is 11.6 Å². The van der Waals surface area contributed by atoms with Gasteiger partial charge in [-0.15, -0.1) is 0 Å². The molecule has 3 rings (SSSR count). The summed E-state index contributed by atoms with van der Waals surface area (Å²) in [6, 6.07) is 11.9. The largest absolute Gasteiger partial charge is 0.458 e. The van der Waals surface area contributed by atoms with Crippen LogP contribution in [0.3, 0.4) is 0 Å². The summed E-state index contributed by atoms with van der Waals surface area (Å²) in [5.41, 5.74) is 6.94. The Morgan fingerprint density at radius 1 is 1.09 bits per heavy atom. The molecule has 4 nitrogen and oxygen atoms in total. The molecule has 0 aliphatic rings. The van der Waals surface area contributed by atoms with E-state index in [2.05, 4.69) is 51.9 Å². The molecule has 0 radical (unpaired) electrons. The quantitative estimate of drug-likeness (QED) is 0.274. The van der Waals surface area contributed by atoms with Crippen LogP contribution in [-0.2, 0) is 28.1 Å². The Hall–Kier alpha value is -2.56. The van der Waals surface area contributed by atoms with Crippen LogP contribution < -0.4 is 0 Å². The minimum Gasteiger partial charge on any atom is -0.458 e. The summed E-state index contributed by atoms with van der Waals surface area (Å²) in [5, 5.41) is 5.59. The van der Waals surface area contributed by atoms with Crippen molar-refractivity contribution in [3.63, 3.8) is 0 Å². The molecule has 0 amide bonds. The van der Waals surface area contributed by atoms with E-state index in [0.717, 1.165) is 27.9 Å². The van der Waals surface area contributed by atoms with E-state index in [1.807, 2.05) is 31.2 Å². The Kier molecular flexibility index (Phi) is 7.71. The number of hydrogen-bond donors (Lipinski definition) is 0. The average Bonchev–Trinajstić information content (AvgIpc) is 2.99. The molecule has 0 aliphatic heterocycles. The SMILES string of the molecule is Cc1cc(C(C)(C)C)cc(C)c1COC(=O)C=Cc1c(C)nn(Cc2ccccc2Cl)c1Cl. The molecular weight excluding hydrogens is 455 g/mol. The van der Waals surface area contributed by atoms with Crippen molar-refractivity contribution in [2.24, 2.45) is 0 Å². The molecular formula is C27H30Cl2N2O2. The van der Waals surface area contributed by atoms with Gasteiger partial charge in [0.05, 0.1) is 12.2 Å². The number of esters is 1. The molecule has 0 N–H and O–H groups in total. The number of carbonyl (C=O) groups excluding carboxylic acids is 1. The second-order valence-corrected chi connectivity index (χ2v) is 10.1. The van der Waals surface area contributed by atoms with Gasteiger partial charge in [-0.05, 0) is 66.1 Å². The first kappa shape index (κ1) is 25.1. The maximum Gasteiger partial charge on any atom is 0.331 e. The monoisotopic (exact) mass is 484 g/mol. The number of benzene rings is 2. The molecule has 3 aromatic rings. The number of hydrogen-bond acceptors (Lipinski definition) is 3. The Morgan fingerprint density at radius 2 is 1.73 bits per heavy atom. The van der Waals surface area contributed by atoms with Gasteiger partial charge in [-0.25, -0.2) is 9.48 Å². The zero-order valence-corrected chi connectivity index (χ0v) is 21.5. The van der Waals surface area contributed by atoms with Crippen LogP contribution in [0.25, 0.3) is 6.08 Å². The summed E-state index contributed by atoms with van der Waals surface area (Å²) in [6.07, 6.45) is 3.04. The van der Waals surface area contributed by atoms with E-state index in [1.54, 1.807) is 10.8 Å². The van der Waals surface area contributed by atoms with E-state index in [4.69, 9.17) is 27.9 Å². The molecule has 0 saturated carbocycles. The summed E-state index contributed by atoms with van der Waals surface area (Å²) in [6.45, 7) is 13.2. The lowest BCUT2D eigenvalue weighted by atomic mass is 9.84. The predicted molar refractivity (Wildman–Crippen MR) is 136 cm³/mol.